The van der Waals surface area contributed by atoms with E-state index in [0.717, 1.165) is 5.56 Å². The Labute approximate surface area is 131 Å². The van der Waals surface area contributed by atoms with Gasteiger partial charge in [0.2, 0.25) is 5.75 Å². The molecule has 3 rings (SSSR count). The first-order valence-electron chi connectivity index (χ1n) is 6.90. The molecule has 0 bridgehead atoms. The summed E-state index contributed by atoms with van der Waals surface area (Å²) < 4.78 is 4.96. The SMILES string of the molecule is COc1cc(/C=C2/Cc3ccccc3C2=O)cc([N+](=O)[O-])c1O. The van der Waals surface area contributed by atoms with Gasteiger partial charge in [-0.05, 0) is 23.3 Å². The number of aromatic hydroxyl groups is 1. The smallest absolute Gasteiger partial charge is 0.315 e. The third-order valence-corrected chi connectivity index (χ3v) is 3.77. The molecule has 0 radical (unpaired) electrons. The highest BCUT2D eigenvalue weighted by Gasteiger charge is 2.25. The normalized spacial score (nSPS) is 14.8. The minimum absolute atomic E-state index is 0.00555. The number of benzene rings is 2. The van der Waals surface area contributed by atoms with Crippen LogP contribution < -0.4 is 4.74 Å². The number of methoxy groups -OCH3 is 1. The summed E-state index contributed by atoms with van der Waals surface area (Å²) in [5.41, 5.74) is 2.11. The van der Waals surface area contributed by atoms with E-state index in [2.05, 4.69) is 0 Å². The molecule has 0 amide bonds. The van der Waals surface area contributed by atoms with Crippen LogP contribution in [0.5, 0.6) is 11.5 Å². The van der Waals surface area contributed by atoms with Gasteiger partial charge in [-0.25, -0.2) is 0 Å². The second kappa shape index (κ2) is 5.57. The van der Waals surface area contributed by atoms with Gasteiger partial charge in [-0.2, -0.15) is 0 Å². The van der Waals surface area contributed by atoms with Crippen LogP contribution in [0, 0.1) is 10.1 Å². The Kier molecular flexibility index (Phi) is 3.57. The van der Waals surface area contributed by atoms with Gasteiger partial charge in [0, 0.05) is 23.6 Å². The van der Waals surface area contributed by atoms with Crippen molar-refractivity contribution in [3.8, 4) is 11.5 Å². The number of hydrogen-bond donors (Lipinski definition) is 1. The van der Waals surface area contributed by atoms with Gasteiger partial charge in [-0.15, -0.1) is 0 Å². The standard InChI is InChI=1S/C17H13NO5/c1-23-15-8-10(7-14(17(15)20)18(21)22)6-12-9-11-4-2-3-5-13(11)16(12)19/h2-8,20H,9H2,1H3/b12-6-. The van der Waals surface area contributed by atoms with Crippen molar-refractivity contribution in [3.05, 3.63) is 68.8 Å². The topological polar surface area (TPSA) is 89.7 Å². The van der Waals surface area contributed by atoms with Crippen LogP contribution in [0.4, 0.5) is 5.69 Å². The number of phenolic OH excluding ortho intramolecular Hbond substituents is 1. The van der Waals surface area contributed by atoms with E-state index in [1.165, 1.54) is 19.2 Å². The summed E-state index contributed by atoms with van der Waals surface area (Å²) in [5.74, 6) is -0.620. The van der Waals surface area contributed by atoms with E-state index in [4.69, 9.17) is 4.74 Å². The number of nitrogens with zero attached hydrogens (tertiary/aromatic N) is 1. The van der Waals surface area contributed by atoms with Gasteiger partial charge in [0.05, 0.1) is 12.0 Å². The molecule has 1 N–H and O–H groups in total. The third kappa shape index (κ3) is 2.55. The van der Waals surface area contributed by atoms with E-state index in [0.29, 0.717) is 23.1 Å². The molecule has 0 unspecified atom stereocenters. The lowest BCUT2D eigenvalue weighted by atomic mass is 10.1. The number of Topliss-reactive ketones (excluding diaryl/α,β-unsaturated/α-hetero) is 1. The van der Waals surface area contributed by atoms with E-state index >= 15 is 0 Å². The van der Waals surface area contributed by atoms with Crippen LogP contribution in [-0.4, -0.2) is 22.9 Å². The Morgan fingerprint density at radius 2 is 2.04 bits per heavy atom. The molecule has 23 heavy (non-hydrogen) atoms. The van der Waals surface area contributed by atoms with Crippen molar-refractivity contribution >= 4 is 17.5 Å². The Hall–Kier alpha value is -3.15. The number of ether oxygens (including phenoxy) is 1. The molecule has 0 aliphatic heterocycles. The number of ketones is 1. The number of nitro groups is 1. The van der Waals surface area contributed by atoms with Crippen LogP contribution in [-0.2, 0) is 6.42 Å². The average Bonchev–Trinajstić information content (AvgIpc) is 2.85. The van der Waals surface area contributed by atoms with E-state index < -0.39 is 16.4 Å². The number of carbonyl (C=O) groups is 1. The van der Waals surface area contributed by atoms with Gasteiger partial charge >= 0.3 is 5.69 Å². The van der Waals surface area contributed by atoms with Crippen molar-refractivity contribution < 1.29 is 19.6 Å². The van der Waals surface area contributed by atoms with E-state index in [1.807, 2.05) is 12.1 Å². The maximum atomic E-state index is 12.4. The molecular formula is C17H13NO5. The van der Waals surface area contributed by atoms with Gasteiger partial charge in [0.25, 0.3) is 0 Å². The lowest BCUT2D eigenvalue weighted by Gasteiger charge is -2.06. The maximum absolute atomic E-state index is 12.4. The Bertz CT molecular complexity index is 854. The van der Waals surface area contributed by atoms with Crippen LogP contribution in [0.3, 0.4) is 0 Å². The van der Waals surface area contributed by atoms with Gasteiger partial charge in [0.1, 0.15) is 0 Å². The fourth-order valence-electron chi connectivity index (χ4n) is 2.66. The molecular weight excluding hydrogens is 298 g/mol. The number of fused-ring (bicyclic) bond motifs is 1. The number of carbonyl (C=O) groups excluding carboxylic acids is 1. The van der Waals surface area contributed by atoms with Crippen LogP contribution in [0.1, 0.15) is 21.5 Å². The summed E-state index contributed by atoms with van der Waals surface area (Å²) in [4.78, 5) is 22.7. The number of hydrogen-bond acceptors (Lipinski definition) is 5. The predicted octanol–water partition coefficient (Wildman–Crippen LogP) is 3.13. The second-order valence-corrected chi connectivity index (χ2v) is 5.18. The Balaban J connectivity index is 2.06. The fourth-order valence-corrected chi connectivity index (χ4v) is 2.66. The molecule has 2 aromatic carbocycles. The quantitative estimate of drug-likeness (QED) is 0.534. The van der Waals surface area contributed by atoms with Crippen molar-refractivity contribution in [2.75, 3.05) is 7.11 Å². The highest BCUT2D eigenvalue weighted by molar-refractivity contribution is 6.15. The van der Waals surface area contributed by atoms with E-state index in [1.54, 1.807) is 18.2 Å². The summed E-state index contributed by atoms with van der Waals surface area (Å²) in [7, 11) is 1.31. The molecule has 6 nitrogen and oxygen atoms in total. The van der Waals surface area contributed by atoms with Crippen LogP contribution in [0.15, 0.2) is 42.0 Å². The largest absolute Gasteiger partial charge is 0.500 e. The second-order valence-electron chi connectivity index (χ2n) is 5.18. The van der Waals surface area contributed by atoms with Gasteiger partial charge in [-0.3, -0.25) is 14.9 Å². The number of rotatable bonds is 3. The lowest BCUT2D eigenvalue weighted by molar-refractivity contribution is -0.386. The summed E-state index contributed by atoms with van der Waals surface area (Å²) in [6.07, 6.45) is 2.07. The number of phenols is 1. The van der Waals surface area contributed by atoms with Crippen LogP contribution in [0.2, 0.25) is 0 Å². The van der Waals surface area contributed by atoms with Crippen LogP contribution in [0.25, 0.3) is 6.08 Å². The molecule has 0 aromatic heterocycles. The predicted molar refractivity (Wildman–Crippen MR) is 83.8 cm³/mol. The molecule has 1 aliphatic rings. The lowest BCUT2D eigenvalue weighted by Crippen LogP contribution is -1.96. The van der Waals surface area contributed by atoms with Crippen LogP contribution >= 0.6 is 0 Å². The molecule has 0 spiro atoms. The summed E-state index contributed by atoms with van der Waals surface area (Å²) in [5, 5.41) is 20.8. The maximum Gasteiger partial charge on any atom is 0.315 e. The molecule has 6 heteroatoms. The Morgan fingerprint density at radius 3 is 2.70 bits per heavy atom. The monoisotopic (exact) mass is 311 g/mol. The van der Waals surface area contributed by atoms with Gasteiger partial charge in [-0.1, -0.05) is 24.3 Å². The summed E-state index contributed by atoms with van der Waals surface area (Å²) in [6, 6.07) is 10.00. The average molecular weight is 311 g/mol. The zero-order valence-electron chi connectivity index (χ0n) is 12.3. The molecule has 0 heterocycles. The molecule has 116 valence electrons. The van der Waals surface area contributed by atoms with Crippen molar-refractivity contribution in [1.29, 1.82) is 0 Å². The zero-order chi connectivity index (χ0) is 16.6. The van der Waals surface area contributed by atoms with E-state index in [-0.39, 0.29) is 11.5 Å². The third-order valence-electron chi connectivity index (χ3n) is 3.77. The van der Waals surface area contributed by atoms with Crippen molar-refractivity contribution in [1.82, 2.24) is 0 Å². The first-order chi connectivity index (χ1) is 11.0. The molecule has 0 saturated carbocycles. The molecule has 0 atom stereocenters. The summed E-state index contributed by atoms with van der Waals surface area (Å²) in [6.45, 7) is 0. The highest BCUT2D eigenvalue weighted by Crippen LogP contribution is 2.38. The molecule has 0 fully saturated rings. The molecule has 0 saturated heterocycles. The Morgan fingerprint density at radius 1 is 1.30 bits per heavy atom. The molecule has 1 aliphatic carbocycles. The molecule has 2 aromatic rings. The van der Waals surface area contributed by atoms with Gasteiger partial charge in [0.15, 0.2) is 11.5 Å². The number of allylic oxidation sites excluding steroid dienone is 1. The minimum Gasteiger partial charge on any atom is -0.500 e. The highest BCUT2D eigenvalue weighted by atomic mass is 16.6. The first kappa shape index (κ1) is 14.8. The number of nitro benzene ring substituents is 1. The van der Waals surface area contributed by atoms with Gasteiger partial charge < -0.3 is 9.84 Å². The fraction of sp³-hybridized carbons (Fsp3) is 0.118. The van der Waals surface area contributed by atoms with Crippen molar-refractivity contribution in [2.24, 2.45) is 0 Å². The summed E-state index contributed by atoms with van der Waals surface area (Å²) >= 11 is 0. The van der Waals surface area contributed by atoms with E-state index in [9.17, 15) is 20.0 Å². The minimum atomic E-state index is -0.689. The first-order valence-corrected chi connectivity index (χ1v) is 6.90. The zero-order valence-corrected chi connectivity index (χ0v) is 12.3. The van der Waals surface area contributed by atoms with Crippen molar-refractivity contribution in [3.63, 3.8) is 0 Å². The van der Waals surface area contributed by atoms with Crippen molar-refractivity contribution in [2.45, 2.75) is 6.42 Å².